The molecule has 688 valence electrons. The fourth-order valence-electron chi connectivity index (χ4n) is 15.7. The van der Waals surface area contributed by atoms with E-state index in [4.69, 9.17) is 31.7 Å². The lowest BCUT2D eigenvalue weighted by molar-refractivity contribution is -0.131. The summed E-state index contributed by atoms with van der Waals surface area (Å²) >= 11 is 0. The van der Waals surface area contributed by atoms with E-state index >= 15 is 0 Å². The van der Waals surface area contributed by atoms with Crippen molar-refractivity contribution in [3.63, 3.8) is 0 Å². The van der Waals surface area contributed by atoms with E-state index < -0.39 is 93.4 Å². The summed E-state index contributed by atoms with van der Waals surface area (Å²) in [6.45, 7) is 13.7. The highest BCUT2D eigenvalue weighted by Crippen LogP contribution is 2.61. The first-order valence-corrected chi connectivity index (χ1v) is 55.6. The molecule has 3 atom stereocenters. The summed E-state index contributed by atoms with van der Waals surface area (Å²) in [5.74, 6) is 0.538. The average Bonchev–Trinajstić information content (AvgIpc) is 0.815. The van der Waals surface area contributed by atoms with E-state index in [0.717, 1.165) is 55.3 Å². The first kappa shape index (κ1) is 96.4. The molecule has 4 aliphatic heterocycles. The molecule has 0 aliphatic carbocycles. The molecule has 6 amide bonds. The van der Waals surface area contributed by atoms with E-state index in [1.54, 1.807) is 170 Å². The molecular weight excluding hydrogens is 1850 g/mol. The van der Waals surface area contributed by atoms with Crippen molar-refractivity contribution in [1.82, 2.24) is 24.9 Å². The molecule has 0 aromatic heterocycles. The van der Waals surface area contributed by atoms with Gasteiger partial charge in [0.05, 0.1) is 28.5 Å². The molecule has 0 spiro atoms. The molecule has 0 saturated carbocycles. The van der Waals surface area contributed by atoms with Crippen LogP contribution in [-0.2, 0) is 51.1 Å². The number of nitrogens with one attached hydrogen (secondary N) is 1. The van der Waals surface area contributed by atoms with Crippen molar-refractivity contribution < 1.29 is 87.6 Å². The van der Waals surface area contributed by atoms with E-state index in [0.29, 0.717) is 54.4 Å². The van der Waals surface area contributed by atoms with Crippen LogP contribution in [0.3, 0.4) is 0 Å². The molecule has 14 aromatic rings. The van der Waals surface area contributed by atoms with Crippen LogP contribution >= 0.6 is 51.6 Å². The predicted octanol–water partition coefficient (Wildman–Crippen LogP) is 21.7. The van der Waals surface area contributed by atoms with Crippen LogP contribution in [0.4, 0.5) is 4.79 Å². The normalized spacial score (nSPS) is 16.2. The Morgan fingerprint density at radius 1 is 0.353 bits per heavy atom. The summed E-state index contributed by atoms with van der Waals surface area (Å²) in [5.41, 5.74) is 3.54. The molecule has 14 aromatic carbocycles. The third-order valence-electron chi connectivity index (χ3n) is 22.3. The Bertz CT molecular complexity index is 6730. The van der Waals surface area contributed by atoms with Crippen LogP contribution in [0, 0.1) is 0 Å². The molecule has 3 unspecified atom stereocenters. The highest BCUT2D eigenvalue weighted by atomic mass is 31.2. The summed E-state index contributed by atoms with van der Waals surface area (Å²) in [7, 11) is -25.3. The fraction of sp³-hybridized carbons (Fsp3) is 0.0952. The summed E-state index contributed by atoms with van der Waals surface area (Å²) in [5, 5.41) is 6.80. The van der Waals surface area contributed by atoms with Gasteiger partial charge in [0.15, 0.2) is 20.6 Å². The quantitative estimate of drug-likeness (QED) is 0.0259. The van der Waals surface area contributed by atoms with Gasteiger partial charge in [0.25, 0.3) is 28.0 Å². The number of para-hydroxylation sites is 7. The van der Waals surface area contributed by atoms with Gasteiger partial charge in [-0.2, -0.15) is 0 Å². The van der Waals surface area contributed by atoms with Crippen LogP contribution < -0.4 is 74.1 Å². The second-order valence-electron chi connectivity index (χ2n) is 31.9. The summed E-state index contributed by atoms with van der Waals surface area (Å²) < 4.78 is 141. The molecular formula is C105H94N5O19P7. The number of rotatable bonds is 29. The molecule has 0 bridgehead atoms. The molecule has 136 heavy (non-hydrogen) atoms. The standard InChI is InChI=1S/C31H30N2O8P2.C29H23NO5P2.C29H27NO3P2.C16H14NO3P/c1-31(2)29(34)32(23-42(36,38-25-15-7-3-8-16-25)39-26-17-9-4-10-18-26)30(35)33(31)24-43(37,40-27-19-11-5-12-20-27)41-28-21-13-6-14-22-28;1-2-29(31)30(19-36(32)27-17-9-5-13-23(27)21-11-3-7-15-25(21)34-36)20-37(33)28-18-10-6-14-24(28)22-12-4-8-16-26(22)35-37;1-2-29(31)30(23-34(32,25-15-7-3-8-16-25)26-17-9-4-10-18-26)24-35(33,27-19-11-5-12-20-27)28-21-13-6-14-22-28;1-2-16(18)17-11-21(19)15-10-6-4-8-13(15)12-7-3-5-9-14(12)20-21/h3-22H,23-24H2,1-2H3;2-18H,1,19-20H2;2-22H,1,23-24H2;2-10H,1,11H2,(H,17,18). The Morgan fingerprint density at radius 3 is 0.934 bits per heavy atom. The Hall–Kier alpha value is -14.1. The highest BCUT2D eigenvalue weighted by molar-refractivity contribution is 7.79. The van der Waals surface area contributed by atoms with Gasteiger partial charge in [0, 0.05) is 37.9 Å². The van der Waals surface area contributed by atoms with Crippen molar-refractivity contribution in [1.29, 1.82) is 0 Å². The lowest BCUT2D eigenvalue weighted by atomic mass is 10.0. The maximum Gasteiger partial charge on any atom is 0.450 e. The Kier molecular flexibility index (Phi) is 29.9. The number of hydrogen-bond donors (Lipinski definition) is 1. The SMILES string of the molecule is C=CC(=O)N(CP(=O)(c1ccccc1)c1ccccc1)CP(=O)(c1ccccc1)c1ccccc1.C=CC(=O)N(CP1(=O)Oc2ccccc2-c2ccccc21)CP1(=O)Oc2ccccc2-c2ccccc21.C=CC(=O)NCP1(=O)Oc2ccccc2-c2ccccc21.CC1(C)C(=O)N(CP(=O)(Oc2ccccc2)Oc2ccccc2)C(=O)N1CP(=O)(Oc1ccccc1)Oc1ccccc1. The fourth-order valence-corrected chi connectivity index (χ4v) is 31.6. The summed E-state index contributed by atoms with van der Waals surface area (Å²) in [6, 6.07) is 114. The number of urea groups is 1. The number of carbonyl (C=O) groups is 5. The Morgan fingerprint density at radius 2 is 0.618 bits per heavy atom. The van der Waals surface area contributed by atoms with E-state index in [1.165, 1.54) is 29.7 Å². The van der Waals surface area contributed by atoms with Crippen LogP contribution in [-0.4, -0.2) is 98.8 Å². The second-order valence-corrected chi connectivity index (χ2v) is 48.2. The maximum atomic E-state index is 14.7. The van der Waals surface area contributed by atoms with Crippen molar-refractivity contribution in [3.8, 4) is 73.6 Å². The maximum absolute atomic E-state index is 14.7. The van der Waals surface area contributed by atoms with Crippen LogP contribution in [0.5, 0.6) is 40.2 Å². The number of imide groups is 1. The zero-order valence-corrected chi connectivity index (χ0v) is 80.2. The molecule has 1 N–H and O–H groups in total. The van der Waals surface area contributed by atoms with Gasteiger partial charge in [-0.3, -0.25) is 37.8 Å². The number of fused-ring (bicyclic) bond motifs is 9. The lowest BCUT2D eigenvalue weighted by Crippen LogP contribution is -2.45. The minimum Gasteiger partial charge on any atom is -0.438 e. The third kappa shape index (κ3) is 21.8. The first-order valence-electron chi connectivity index (χ1n) is 43.0. The van der Waals surface area contributed by atoms with Crippen LogP contribution in [0.2, 0.25) is 0 Å². The minimum absolute atomic E-state index is 0.0524. The number of hydrogen-bond acceptors (Lipinski definition) is 19. The molecule has 18 rings (SSSR count). The second kappa shape index (κ2) is 42.2. The Balaban J connectivity index is 0.000000141. The molecule has 4 aliphatic rings. The Labute approximate surface area is 789 Å². The average molecular weight is 1950 g/mol. The number of benzene rings is 14. The van der Waals surface area contributed by atoms with E-state index in [-0.39, 0.29) is 60.3 Å². The zero-order valence-electron chi connectivity index (χ0n) is 73.9. The molecule has 24 nitrogen and oxygen atoms in total. The monoisotopic (exact) mass is 1950 g/mol. The van der Waals surface area contributed by atoms with Gasteiger partial charge in [-0.25, -0.2) is 18.8 Å². The van der Waals surface area contributed by atoms with Crippen molar-refractivity contribution in [2.24, 2.45) is 0 Å². The zero-order chi connectivity index (χ0) is 95.7. The van der Waals surface area contributed by atoms with Crippen LogP contribution in [0.15, 0.2) is 426 Å². The minimum atomic E-state index is -4.20. The third-order valence-corrected chi connectivity index (χ3v) is 38.4. The predicted molar refractivity (Wildman–Crippen MR) is 537 cm³/mol. The van der Waals surface area contributed by atoms with E-state index in [2.05, 4.69) is 25.1 Å². The van der Waals surface area contributed by atoms with Crippen LogP contribution in [0.1, 0.15) is 13.8 Å². The van der Waals surface area contributed by atoms with E-state index in [9.17, 15) is 55.9 Å². The molecule has 4 heterocycles. The van der Waals surface area contributed by atoms with Gasteiger partial charge in [-0.15, -0.1) is 0 Å². The first-order chi connectivity index (χ1) is 65.6. The topological polar surface area (TPSA) is 294 Å². The largest absolute Gasteiger partial charge is 0.450 e. The lowest BCUT2D eigenvalue weighted by Gasteiger charge is -2.35. The van der Waals surface area contributed by atoms with Gasteiger partial charge >= 0.3 is 21.2 Å². The van der Waals surface area contributed by atoms with Gasteiger partial charge in [0.2, 0.25) is 17.7 Å². The summed E-state index contributed by atoms with van der Waals surface area (Å²) in [6.07, 6.45) is 1.42. The molecule has 0 radical (unpaired) electrons. The van der Waals surface area contributed by atoms with Gasteiger partial charge < -0.3 is 55.9 Å². The van der Waals surface area contributed by atoms with Gasteiger partial charge in [-0.1, -0.05) is 323 Å². The molecule has 31 heteroatoms. The van der Waals surface area contributed by atoms with Gasteiger partial charge in [-0.05, 0) is 134 Å². The molecule has 1 fully saturated rings. The highest BCUT2D eigenvalue weighted by Gasteiger charge is 2.57. The number of amides is 6. The van der Waals surface area contributed by atoms with Crippen molar-refractivity contribution in [2.75, 3.05) is 44.0 Å². The van der Waals surface area contributed by atoms with Crippen molar-refractivity contribution >= 4 is 118 Å². The van der Waals surface area contributed by atoms with Crippen molar-refractivity contribution in [3.05, 3.63) is 426 Å². The van der Waals surface area contributed by atoms with Crippen molar-refractivity contribution in [2.45, 2.75) is 19.4 Å². The number of carbonyl (C=O) groups excluding carboxylic acids is 5. The van der Waals surface area contributed by atoms with E-state index in [1.807, 2.05) is 218 Å². The number of nitrogens with zero attached hydrogens (tertiary/aromatic N) is 4. The van der Waals surface area contributed by atoms with Gasteiger partial charge in [0.1, 0.15) is 70.9 Å². The van der Waals surface area contributed by atoms with Crippen LogP contribution in [0.25, 0.3) is 33.4 Å². The summed E-state index contributed by atoms with van der Waals surface area (Å²) in [4.78, 5) is 69.8. The molecule has 1 saturated heterocycles. The smallest absolute Gasteiger partial charge is 0.438 e.